The maximum absolute atomic E-state index is 13.9. The molecule has 0 radical (unpaired) electrons. The fourth-order valence-corrected chi connectivity index (χ4v) is 6.00. The van der Waals surface area contributed by atoms with Gasteiger partial charge in [0.25, 0.3) is 0 Å². The summed E-state index contributed by atoms with van der Waals surface area (Å²) in [6, 6.07) is 39.5. The highest BCUT2D eigenvalue weighted by Crippen LogP contribution is 2.53. The minimum atomic E-state index is -0.308. The van der Waals surface area contributed by atoms with E-state index in [1.54, 1.807) is 11.3 Å². The van der Waals surface area contributed by atoms with Crippen molar-refractivity contribution in [3.63, 3.8) is 0 Å². The molecular weight excluding hydrogens is 408 g/mol. The number of ketones is 1. The highest BCUT2D eigenvalue weighted by molar-refractivity contribution is 7.21. The zero-order chi connectivity index (χ0) is 21.5. The topological polar surface area (TPSA) is 17.1 Å². The van der Waals surface area contributed by atoms with Gasteiger partial charge in [0.15, 0.2) is 5.78 Å². The van der Waals surface area contributed by atoms with Crippen LogP contribution in [0.2, 0.25) is 0 Å². The van der Waals surface area contributed by atoms with Gasteiger partial charge >= 0.3 is 0 Å². The smallest absolute Gasteiger partial charge is 0.185 e. The molecule has 0 N–H and O–H groups in total. The molecule has 6 rings (SSSR count). The molecule has 1 nitrogen and oxygen atoms in total. The predicted octanol–water partition coefficient (Wildman–Crippen LogP) is 7.84. The summed E-state index contributed by atoms with van der Waals surface area (Å²) in [5.41, 5.74) is 6.66. The predicted molar refractivity (Wildman–Crippen MR) is 134 cm³/mol. The first kappa shape index (κ1) is 19.0. The molecule has 0 saturated carbocycles. The Hall–Kier alpha value is -3.75. The van der Waals surface area contributed by atoms with Gasteiger partial charge in [0.05, 0.1) is 10.8 Å². The van der Waals surface area contributed by atoms with E-state index in [-0.39, 0.29) is 11.7 Å². The lowest BCUT2D eigenvalue weighted by atomic mass is 9.82. The van der Waals surface area contributed by atoms with Crippen molar-refractivity contribution in [3.8, 4) is 0 Å². The normalized spacial score (nSPS) is 15.2. The zero-order valence-corrected chi connectivity index (χ0v) is 18.2. The van der Waals surface area contributed by atoms with Gasteiger partial charge in [0.2, 0.25) is 0 Å². The van der Waals surface area contributed by atoms with Gasteiger partial charge in [-0.15, -0.1) is 11.3 Å². The first-order valence-corrected chi connectivity index (χ1v) is 11.6. The molecule has 0 saturated heterocycles. The van der Waals surface area contributed by atoms with Crippen LogP contribution in [0.15, 0.2) is 115 Å². The van der Waals surface area contributed by atoms with Crippen LogP contribution >= 0.6 is 11.3 Å². The van der Waals surface area contributed by atoms with Crippen molar-refractivity contribution in [2.24, 2.45) is 0 Å². The summed E-state index contributed by atoms with van der Waals surface area (Å²) < 4.78 is 1.16. The Balaban J connectivity index is 1.77. The van der Waals surface area contributed by atoms with Crippen molar-refractivity contribution in [3.05, 3.63) is 142 Å². The summed E-state index contributed by atoms with van der Waals surface area (Å²) in [4.78, 5) is 14.8. The van der Waals surface area contributed by atoms with Gasteiger partial charge in [-0.3, -0.25) is 4.79 Å². The van der Waals surface area contributed by atoms with Gasteiger partial charge in [0, 0.05) is 15.6 Å². The molecule has 1 aliphatic rings. The van der Waals surface area contributed by atoms with Crippen molar-refractivity contribution in [1.82, 2.24) is 0 Å². The second kappa shape index (κ2) is 7.74. The number of carbonyl (C=O) groups is 1. The summed E-state index contributed by atoms with van der Waals surface area (Å²) in [6.07, 6.45) is 0. The van der Waals surface area contributed by atoms with E-state index in [2.05, 4.69) is 78.9 Å². The number of hydrogen-bond acceptors (Lipinski definition) is 2. The summed E-state index contributed by atoms with van der Waals surface area (Å²) in [5, 5.41) is 1.17. The molecule has 2 heteroatoms. The SMILES string of the molecule is O=C1c2sc3ccccc3c2C(=C(c2ccccc2)c2ccccc2)C1c1ccccc1. The van der Waals surface area contributed by atoms with Crippen LogP contribution in [-0.2, 0) is 0 Å². The first-order chi connectivity index (χ1) is 15.8. The van der Waals surface area contributed by atoms with Crippen molar-refractivity contribution in [1.29, 1.82) is 0 Å². The third-order valence-corrected chi connectivity index (χ3v) is 7.35. The fourth-order valence-electron chi connectivity index (χ4n) is 4.81. The lowest BCUT2D eigenvalue weighted by Gasteiger charge is -2.19. The maximum Gasteiger partial charge on any atom is 0.185 e. The van der Waals surface area contributed by atoms with Crippen LogP contribution in [0.4, 0.5) is 0 Å². The number of hydrogen-bond donors (Lipinski definition) is 0. The van der Waals surface area contributed by atoms with E-state index in [4.69, 9.17) is 0 Å². The van der Waals surface area contributed by atoms with Crippen LogP contribution in [0.25, 0.3) is 21.2 Å². The summed E-state index contributed by atoms with van der Waals surface area (Å²) >= 11 is 1.62. The van der Waals surface area contributed by atoms with Crippen LogP contribution < -0.4 is 0 Å². The molecule has 0 fully saturated rings. The summed E-state index contributed by atoms with van der Waals surface area (Å²) in [5.74, 6) is -0.107. The molecule has 1 aliphatic carbocycles. The van der Waals surface area contributed by atoms with Gasteiger partial charge in [-0.2, -0.15) is 0 Å². The Kier molecular flexibility index (Phi) is 4.59. The molecule has 1 heterocycles. The van der Waals surface area contributed by atoms with Crippen LogP contribution in [0.1, 0.15) is 37.8 Å². The molecule has 1 atom stereocenters. The van der Waals surface area contributed by atoms with E-state index in [1.165, 1.54) is 5.39 Å². The highest BCUT2D eigenvalue weighted by Gasteiger charge is 2.41. The number of rotatable bonds is 3. The van der Waals surface area contributed by atoms with Crippen LogP contribution in [0, 0.1) is 0 Å². The molecule has 5 aromatic rings. The number of benzene rings is 4. The number of Topliss-reactive ketones (excluding diaryl/α,β-unsaturated/α-hetero) is 1. The van der Waals surface area contributed by atoms with Crippen molar-refractivity contribution < 1.29 is 4.79 Å². The monoisotopic (exact) mass is 428 g/mol. The second-order valence-corrected chi connectivity index (χ2v) is 9.08. The lowest BCUT2D eigenvalue weighted by Crippen LogP contribution is -2.08. The number of allylic oxidation sites excluding steroid dienone is 1. The van der Waals surface area contributed by atoms with Gasteiger partial charge in [-0.05, 0) is 33.9 Å². The largest absolute Gasteiger partial charge is 0.292 e. The van der Waals surface area contributed by atoms with Gasteiger partial charge < -0.3 is 0 Å². The molecule has 0 spiro atoms. The summed E-state index contributed by atoms with van der Waals surface area (Å²) in [7, 11) is 0. The Labute approximate surface area is 191 Å². The zero-order valence-electron chi connectivity index (χ0n) is 17.4. The second-order valence-electron chi connectivity index (χ2n) is 8.03. The van der Waals surface area contributed by atoms with Crippen molar-refractivity contribution in [2.75, 3.05) is 0 Å². The standard InChI is InChI=1S/C30H20OS/c31-29-26(22-16-8-3-9-17-22)28(27-23-18-10-11-19-24(23)32-30(27)29)25(20-12-4-1-5-13-20)21-14-6-2-7-15-21/h1-19,26H. The Morgan fingerprint density at radius 1 is 0.625 bits per heavy atom. The average molecular weight is 429 g/mol. The van der Waals surface area contributed by atoms with Crippen molar-refractivity contribution >= 4 is 38.4 Å². The van der Waals surface area contributed by atoms with E-state index in [1.807, 2.05) is 36.4 Å². The minimum absolute atomic E-state index is 0.201. The Morgan fingerprint density at radius 2 is 1.16 bits per heavy atom. The van der Waals surface area contributed by atoms with Gasteiger partial charge in [-0.25, -0.2) is 0 Å². The van der Waals surface area contributed by atoms with Crippen molar-refractivity contribution in [2.45, 2.75) is 5.92 Å². The number of fused-ring (bicyclic) bond motifs is 3. The number of carbonyl (C=O) groups excluding carboxylic acids is 1. The van der Waals surface area contributed by atoms with Crippen LogP contribution in [0.3, 0.4) is 0 Å². The molecular formula is C30H20OS. The van der Waals surface area contributed by atoms with Crippen LogP contribution in [0.5, 0.6) is 0 Å². The highest BCUT2D eigenvalue weighted by atomic mass is 32.1. The minimum Gasteiger partial charge on any atom is -0.292 e. The molecule has 152 valence electrons. The average Bonchev–Trinajstić information content (AvgIpc) is 3.37. The third kappa shape index (κ3) is 2.96. The molecule has 4 aromatic carbocycles. The van der Waals surface area contributed by atoms with E-state index in [0.717, 1.165) is 43.0 Å². The molecule has 0 aliphatic heterocycles. The van der Waals surface area contributed by atoms with E-state index < -0.39 is 0 Å². The molecule has 0 bridgehead atoms. The Bertz CT molecular complexity index is 1420. The maximum atomic E-state index is 13.9. The quantitative estimate of drug-likeness (QED) is 0.286. The Morgan fingerprint density at radius 3 is 1.78 bits per heavy atom. The fraction of sp³-hybridized carbons (Fsp3) is 0.0333. The molecule has 1 unspecified atom stereocenters. The van der Waals surface area contributed by atoms with Gasteiger partial charge in [-0.1, -0.05) is 109 Å². The van der Waals surface area contributed by atoms with E-state index in [9.17, 15) is 4.79 Å². The third-order valence-electron chi connectivity index (χ3n) is 6.17. The van der Waals surface area contributed by atoms with Crippen LogP contribution in [-0.4, -0.2) is 5.78 Å². The van der Waals surface area contributed by atoms with Gasteiger partial charge in [0.1, 0.15) is 0 Å². The van der Waals surface area contributed by atoms with E-state index >= 15 is 0 Å². The molecule has 32 heavy (non-hydrogen) atoms. The van der Waals surface area contributed by atoms with E-state index in [0.29, 0.717) is 0 Å². The first-order valence-electron chi connectivity index (χ1n) is 10.8. The molecule has 0 amide bonds. The lowest BCUT2D eigenvalue weighted by molar-refractivity contribution is 0.0990. The number of thiophene rings is 1. The molecule has 1 aromatic heterocycles. The summed E-state index contributed by atoms with van der Waals surface area (Å²) in [6.45, 7) is 0.